The fourth-order valence-corrected chi connectivity index (χ4v) is 4.93. The summed E-state index contributed by atoms with van der Waals surface area (Å²) in [5.74, 6) is -0.371. The maximum absolute atomic E-state index is 14.2. The lowest BCUT2D eigenvalue weighted by atomic mass is 9.82. The van der Waals surface area contributed by atoms with E-state index in [1.165, 1.54) is 36.1 Å². The standard InChI is InChI=1S/C25H23F4N3O/c26-20-6-3-7-21-23(20)18(24(33)31-21)13-30-17-8-9-22(19(12-17)25(27,28)29)32-11-10-15-4-1-2-5-16(15)14-32/h3,5-9,12-13,15,31,33H,1-2,4,10-11,14H2. The number of aromatic hydroxyl groups is 1. The van der Waals surface area contributed by atoms with E-state index in [9.17, 15) is 22.7 Å². The van der Waals surface area contributed by atoms with E-state index in [0.717, 1.165) is 31.7 Å². The van der Waals surface area contributed by atoms with E-state index in [-0.39, 0.29) is 28.2 Å². The lowest BCUT2D eigenvalue weighted by molar-refractivity contribution is -0.137. The summed E-state index contributed by atoms with van der Waals surface area (Å²) < 4.78 is 56.1. The maximum Gasteiger partial charge on any atom is 0.418 e. The van der Waals surface area contributed by atoms with Gasteiger partial charge in [-0.1, -0.05) is 17.7 Å². The quantitative estimate of drug-likeness (QED) is 0.261. The fraction of sp³-hybridized carbons (Fsp3) is 0.320. The van der Waals surface area contributed by atoms with Gasteiger partial charge in [-0.15, -0.1) is 0 Å². The summed E-state index contributed by atoms with van der Waals surface area (Å²) in [4.78, 5) is 8.57. The van der Waals surface area contributed by atoms with E-state index in [2.05, 4.69) is 16.1 Å². The number of fused-ring (bicyclic) bond motifs is 2. The van der Waals surface area contributed by atoms with Crippen LogP contribution in [0.15, 0.2) is 53.0 Å². The molecule has 0 radical (unpaired) electrons. The number of aromatic nitrogens is 1. The number of anilines is 1. The van der Waals surface area contributed by atoms with Crippen molar-refractivity contribution >= 4 is 28.5 Å². The molecular weight excluding hydrogens is 434 g/mol. The number of allylic oxidation sites excluding steroid dienone is 1. The molecule has 0 amide bonds. The third-order valence-electron chi connectivity index (χ3n) is 6.57. The first-order valence-electron chi connectivity index (χ1n) is 11.0. The lowest BCUT2D eigenvalue weighted by Crippen LogP contribution is -2.37. The summed E-state index contributed by atoms with van der Waals surface area (Å²) in [5, 5.41) is 10.3. The smallest absolute Gasteiger partial charge is 0.418 e. The number of aromatic amines is 1. The Bertz CT molecular complexity index is 1260. The molecule has 2 aromatic carbocycles. The number of hydrogen-bond acceptors (Lipinski definition) is 3. The first kappa shape index (κ1) is 21.6. The SMILES string of the molecule is Oc1[nH]c2cccc(F)c2c1C=Nc1ccc(N2CCC3CCCC=C3C2)c(C(F)(F)F)c1. The second-order valence-corrected chi connectivity index (χ2v) is 8.62. The minimum absolute atomic E-state index is 0.0722. The topological polar surface area (TPSA) is 51.6 Å². The monoisotopic (exact) mass is 457 g/mol. The summed E-state index contributed by atoms with van der Waals surface area (Å²) in [5.41, 5.74) is 1.17. The van der Waals surface area contributed by atoms with Gasteiger partial charge in [-0.3, -0.25) is 4.99 Å². The van der Waals surface area contributed by atoms with Crippen molar-refractivity contribution < 1.29 is 22.7 Å². The average Bonchev–Trinajstić information content (AvgIpc) is 3.13. The van der Waals surface area contributed by atoms with Gasteiger partial charge in [0, 0.05) is 30.4 Å². The van der Waals surface area contributed by atoms with Crippen LogP contribution >= 0.6 is 0 Å². The van der Waals surface area contributed by atoms with Gasteiger partial charge in [0.15, 0.2) is 5.88 Å². The number of piperidine rings is 1. The summed E-state index contributed by atoms with van der Waals surface area (Å²) >= 11 is 0. The molecule has 1 fully saturated rings. The van der Waals surface area contributed by atoms with Gasteiger partial charge >= 0.3 is 6.18 Å². The van der Waals surface area contributed by atoms with Gasteiger partial charge < -0.3 is 15.0 Å². The number of hydrogen-bond donors (Lipinski definition) is 2. The Balaban J connectivity index is 1.48. The first-order valence-corrected chi connectivity index (χ1v) is 11.0. The summed E-state index contributed by atoms with van der Waals surface area (Å²) in [6.45, 7) is 1.09. The highest BCUT2D eigenvalue weighted by Crippen LogP contribution is 2.42. The van der Waals surface area contributed by atoms with Crippen molar-refractivity contribution in [1.82, 2.24) is 4.98 Å². The molecule has 1 aliphatic heterocycles. The molecule has 2 heterocycles. The molecule has 33 heavy (non-hydrogen) atoms. The molecule has 3 aromatic rings. The van der Waals surface area contributed by atoms with Gasteiger partial charge in [0.2, 0.25) is 0 Å². The maximum atomic E-state index is 14.2. The zero-order valence-corrected chi connectivity index (χ0v) is 17.8. The largest absolute Gasteiger partial charge is 0.494 e. The van der Waals surface area contributed by atoms with Gasteiger partial charge in [-0.25, -0.2) is 4.39 Å². The molecule has 0 saturated carbocycles. The van der Waals surface area contributed by atoms with E-state index >= 15 is 0 Å². The van der Waals surface area contributed by atoms with E-state index in [1.807, 2.05) is 0 Å². The van der Waals surface area contributed by atoms with Crippen molar-refractivity contribution in [2.45, 2.75) is 31.9 Å². The number of aliphatic imine (C=N–C) groups is 1. The molecule has 172 valence electrons. The Labute approximate surface area is 188 Å². The Morgan fingerprint density at radius 1 is 1.15 bits per heavy atom. The minimum atomic E-state index is -4.55. The van der Waals surface area contributed by atoms with E-state index in [4.69, 9.17) is 0 Å². The van der Waals surface area contributed by atoms with Crippen molar-refractivity contribution in [3.8, 4) is 5.88 Å². The normalized spacial score (nSPS) is 19.2. The molecule has 1 atom stereocenters. The van der Waals surface area contributed by atoms with E-state index in [1.54, 1.807) is 11.0 Å². The third kappa shape index (κ3) is 4.10. The first-order chi connectivity index (χ1) is 15.8. The van der Waals surface area contributed by atoms with Crippen LogP contribution in [0, 0.1) is 11.7 Å². The van der Waals surface area contributed by atoms with Crippen molar-refractivity contribution in [3.63, 3.8) is 0 Å². The Hall–Kier alpha value is -3.29. The number of H-pyrrole nitrogens is 1. The average molecular weight is 457 g/mol. The molecule has 0 bridgehead atoms. The van der Waals surface area contributed by atoms with Crippen LogP contribution in [0.1, 0.15) is 36.8 Å². The Morgan fingerprint density at radius 3 is 2.82 bits per heavy atom. The number of nitrogens with one attached hydrogen (secondary N) is 1. The number of nitrogens with zero attached hydrogens (tertiary/aromatic N) is 2. The third-order valence-corrected chi connectivity index (χ3v) is 6.57. The van der Waals surface area contributed by atoms with Gasteiger partial charge in [-0.2, -0.15) is 13.2 Å². The highest BCUT2D eigenvalue weighted by atomic mass is 19.4. The highest BCUT2D eigenvalue weighted by Gasteiger charge is 2.36. The number of rotatable bonds is 3. The van der Waals surface area contributed by atoms with Gasteiger partial charge in [0.05, 0.1) is 22.3 Å². The lowest BCUT2D eigenvalue weighted by Gasteiger charge is -2.38. The molecule has 0 spiro atoms. The number of alkyl halides is 3. The number of benzene rings is 2. The molecule has 5 rings (SSSR count). The fourth-order valence-electron chi connectivity index (χ4n) is 4.93. The van der Waals surface area contributed by atoms with Crippen molar-refractivity contribution in [3.05, 3.63) is 65.0 Å². The van der Waals surface area contributed by atoms with Gasteiger partial charge in [-0.05, 0) is 61.9 Å². The van der Waals surface area contributed by atoms with Crippen LogP contribution in [0.3, 0.4) is 0 Å². The molecule has 1 aliphatic carbocycles. The molecule has 2 aliphatic rings. The van der Waals surface area contributed by atoms with Crippen LogP contribution < -0.4 is 4.90 Å². The second kappa shape index (κ2) is 8.24. The second-order valence-electron chi connectivity index (χ2n) is 8.62. The molecule has 8 heteroatoms. The van der Waals surface area contributed by atoms with Crippen molar-refractivity contribution in [2.24, 2.45) is 10.9 Å². The zero-order chi connectivity index (χ0) is 23.2. The molecule has 1 saturated heterocycles. The van der Waals surface area contributed by atoms with Crippen LogP contribution in [-0.4, -0.2) is 29.4 Å². The van der Waals surface area contributed by atoms with E-state index < -0.39 is 17.6 Å². The Morgan fingerprint density at radius 2 is 2.00 bits per heavy atom. The predicted molar refractivity (Wildman–Crippen MR) is 121 cm³/mol. The summed E-state index contributed by atoms with van der Waals surface area (Å²) in [6, 6.07) is 8.31. The van der Waals surface area contributed by atoms with E-state index in [0.29, 0.717) is 24.5 Å². The zero-order valence-electron chi connectivity index (χ0n) is 17.8. The Kier molecular flexibility index (Phi) is 5.38. The van der Waals surface area contributed by atoms with Crippen LogP contribution in [-0.2, 0) is 6.18 Å². The molecule has 1 unspecified atom stereocenters. The molecule has 4 nitrogen and oxygen atoms in total. The molecule has 2 N–H and O–H groups in total. The van der Waals surface area contributed by atoms with Crippen molar-refractivity contribution in [1.29, 1.82) is 0 Å². The van der Waals surface area contributed by atoms with Crippen LogP contribution in [0.2, 0.25) is 0 Å². The molecule has 1 aromatic heterocycles. The van der Waals surface area contributed by atoms with Crippen molar-refractivity contribution in [2.75, 3.05) is 18.0 Å². The van der Waals surface area contributed by atoms with Crippen LogP contribution in [0.25, 0.3) is 10.9 Å². The van der Waals surface area contributed by atoms with Gasteiger partial charge in [0.1, 0.15) is 5.82 Å². The summed E-state index contributed by atoms with van der Waals surface area (Å²) in [6.07, 6.45) is 2.91. The number of halogens is 4. The molecular formula is C25H23F4N3O. The van der Waals surface area contributed by atoms with Crippen LogP contribution in [0.4, 0.5) is 28.9 Å². The van der Waals surface area contributed by atoms with Crippen LogP contribution in [0.5, 0.6) is 5.88 Å². The highest BCUT2D eigenvalue weighted by molar-refractivity contribution is 6.02. The van der Waals surface area contributed by atoms with Gasteiger partial charge in [0.25, 0.3) is 0 Å². The summed E-state index contributed by atoms with van der Waals surface area (Å²) in [7, 11) is 0. The minimum Gasteiger partial charge on any atom is -0.494 e. The predicted octanol–water partition coefficient (Wildman–Crippen LogP) is 6.72.